The third-order valence-electron chi connectivity index (χ3n) is 7.97. The van der Waals surface area contributed by atoms with Crippen LogP contribution in [0.3, 0.4) is 0 Å². The average molecular weight is 536 g/mol. The number of Topliss-reactive ketones (excluding diaryl/α,β-unsaturated/α-hetero) is 2. The lowest BCUT2D eigenvalue weighted by atomic mass is 9.57. The average Bonchev–Trinajstić information content (AvgIpc) is 2.86. The van der Waals surface area contributed by atoms with E-state index in [0.717, 1.165) is 0 Å². The maximum absolute atomic E-state index is 13.9. The number of carbonyl (C=O) groups is 3. The first kappa shape index (κ1) is 26.1. The number of benzene rings is 2. The highest BCUT2D eigenvalue weighted by atomic mass is 16.6. The van der Waals surface area contributed by atoms with Crippen molar-refractivity contribution in [2.24, 2.45) is 17.6 Å². The highest BCUT2D eigenvalue weighted by Gasteiger charge is 2.64. The summed E-state index contributed by atoms with van der Waals surface area (Å²) in [5.41, 5.74) is 2.54. The first-order valence-electron chi connectivity index (χ1n) is 12.0. The smallest absolute Gasteiger partial charge is 0.270 e. The number of non-ortho nitro benzene ring substituents is 1. The van der Waals surface area contributed by atoms with Gasteiger partial charge in [-0.3, -0.25) is 29.4 Å². The minimum atomic E-state index is -2.72. The molecule has 202 valence electrons. The molecule has 2 aromatic carbocycles. The summed E-state index contributed by atoms with van der Waals surface area (Å²) in [6.45, 7) is 0. The molecule has 0 aromatic heterocycles. The van der Waals surface area contributed by atoms with Crippen LogP contribution >= 0.6 is 0 Å². The van der Waals surface area contributed by atoms with Crippen molar-refractivity contribution in [1.82, 2.24) is 4.90 Å². The molecule has 0 heterocycles. The normalized spacial score (nSPS) is 26.3. The van der Waals surface area contributed by atoms with Gasteiger partial charge in [0.25, 0.3) is 11.6 Å². The number of aliphatic hydroxyl groups is 3. The van der Waals surface area contributed by atoms with Gasteiger partial charge in [-0.15, -0.1) is 0 Å². The predicted octanol–water partition coefficient (Wildman–Crippen LogP) is 1.54. The van der Waals surface area contributed by atoms with Crippen LogP contribution < -0.4 is 5.73 Å². The standard InChI is InChI=1S/C27H25N3O9/c1-29(2)21-16-10-12-9-15-14(11-4-3-5-13(8-11)30(38)39)6-7-17(31)19(15)22(32)18(12)24(34)27(16,37)25(35)20(23(21)33)26(28)36/h3-8,12,16,21,31-32,35,37H,9-10H2,1-2H3,(H2,28,36). The summed E-state index contributed by atoms with van der Waals surface area (Å²) in [5.74, 6) is -7.37. The molecule has 0 saturated heterocycles. The molecule has 12 nitrogen and oxygen atoms in total. The number of phenolic OH excluding ortho intramolecular Hbond substituents is 1. The van der Waals surface area contributed by atoms with Crippen LogP contribution in [0.25, 0.3) is 16.9 Å². The quantitative estimate of drug-likeness (QED) is 0.217. The molecule has 0 bridgehead atoms. The molecule has 0 aliphatic heterocycles. The second-order valence-electron chi connectivity index (χ2n) is 10.3. The zero-order valence-corrected chi connectivity index (χ0v) is 20.9. The number of primary amides is 1. The van der Waals surface area contributed by atoms with Crippen molar-refractivity contribution >= 4 is 28.9 Å². The van der Waals surface area contributed by atoms with Gasteiger partial charge in [-0.05, 0) is 55.6 Å². The van der Waals surface area contributed by atoms with Gasteiger partial charge in [-0.25, -0.2) is 0 Å². The van der Waals surface area contributed by atoms with Crippen molar-refractivity contribution in [3.63, 3.8) is 0 Å². The van der Waals surface area contributed by atoms with Crippen LogP contribution in [0.5, 0.6) is 5.75 Å². The van der Waals surface area contributed by atoms with Gasteiger partial charge in [0.15, 0.2) is 11.4 Å². The van der Waals surface area contributed by atoms with Gasteiger partial charge in [0.1, 0.15) is 22.8 Å². The number of nitro groups is 1. The second-order valence-corrected chi connectivity index (χ2v) is 10.3. The summed E-state index contributed by atoms with van der Waals surface area (Å²) in [6, 6.07) is 7.45. The van der Waals surface area contributed by atoms with Gasteiger partial charge in [0.2, 0.25) is 5.78 Å². The molecule has 1 fully saturated rings. The summed E-state index contributed by atoms with van der Waals surface area (Å²) in [4.78, 5) is 51.3. The number of rotatable bonds is 4. The lowest BCUT2D eigenvalue weighted by Crippen LogP contribution is -2.65. The van der Waals surface area contributed by atoms with E-state index in [1.165, 1.54) is 43.3 Å². The Morgan fingerprint density at radius 3 is 2.46 bits per heavy atom. The number of nitrogens with zero attached hydrogens (tertiary/aromatic N) is 2. The van der Waals surface area contributed by atoms with E-state index in [-0.39, 0.29) is 35.4 Å². The number of likely N-dealkylation sites (N-methyl/N-ethyl adjacent to an activating group) is 1. The number of amides is 1. The monoisotopic (exact) mass is 535 g/mol. The number of aromatic hydroxyl groups is 1. The Kier molecular flexibility index (Phi) is 5.85. The Bertz CT molecular complexity index is 1560. The Morgan fingerprint density at radius 1 is 1.15 bits per heavy atom. The predicted molar refractivity (Wildman–Crippen MR) is 136 cm³/mol. The Hall–Kier alpha value is -4.55. The lowest BCUT2D eigenvalue weighted by molar-refractivity contribution is -0.384. The first-order chi connectivity index (χ1) is 18.3. The number of carbonyl (C=O) groups excluding carboxylic acids is 3. The van der Waals surface area contributed by atoms with Crippen molar-refractivity contribution < 1.29 is 39.7 Å². The number of hydrogen-bond acceptors (Lipinski definition) is 10. The zero-order valence-electron chi connectivity index (χ0n) is 20.9. The molecule has 1 saturated carbocycles. The fourth-order valence-corrected chi connectivity index (χ4v) is 6.30. The van der Waals surface area contributed by atoms with E-state index in [1.54, 1.807) is 12.1 Å². The van der Waals surface area contributed by atoms with Gasteiger partial charge >= 0.3 is 0 Å². The van der Waals surface area contributed by atoms with Crippen LogP contribution in [0.15, 0.2) is 53.3 Å². The van der Waals surface area contributed by atoms with Crippen molar-refractivity contribution in [1.29, 1.82) is 0 Å². The van der Waals surface area contributed by atoms with Gasteiger partial charge in [-0.1, -0.05) is 18.2 Å². The third-order valence-corrected chi connectivity index (χ3v) is 7.97. The molecule has 6 N–H and O–H groups in total. The van der Waals surface area contributed by atoms with Crippen LogP contribution in [0.4, 0.5) is 5.69 Å². The van der Waals surface area contributed by atoms with Crippen LogP contribution in [0.2, 0.25) is 0 Å². The van der Waals surface area contributed by atoms with Gasteiger partial charge in [0.05, 0.1) is 16.5 Å². The topological polar surface area (TPSA) is 205 Å². The maximum Gasteiger partial charge on any atom is 0.270 e. The molecule has 0 radical (unpaired) electrons. The molecule has 5 rings (SSSR count). The number of hydrogen-bond donors (Lipinski definition) is 5. The molecule has 4 atom stereocenters. The molecular weight excluding hydrogens is 510 g/mol. The molecular formula is C27H25N3O9. The fraction of sp³-hybridized carbons (Fsp3) is 0.296. The molecule has 3 aliphatic rings. The van der Waals surface area contributed by atoms with Gasteiger partial charge in [-0.2, -0.15) is 0 Å². The van der Waals surface area contributed by atoms with Crippen LogP contribution in [-0.4, -0.2) is 73.5 Å². The molecule has 12 heteroatoms. The van der Waals surface area contributed by atoms with Crippen molar-refractivity contribution in [3.8, 4) is 16.9 Å². The summed E-state index contributed by atoms with van der Waals surface area (Å²) in [6.07, 6.45) is 0.0107. The molecule has 0 spiro atoms. The van der Waals surface area contributed by atoms with E-state index in [2.05, 4.69) is 0 Å². The summed E-state index contributed by atoms with van der Waals surface area (Å²) in [5, 5.41) is 55.9. The number of fused-ring (bicyclic) bond motifs is 3. The minimum absolute atomic E-state index is 0.0597. The van der Waals surface area contributed by atoms with Crippen molar-refractivity contribution in [2.75, 3.05) is 14.1 Å². The second kappa shape index (κ2) is 8.75. The number of aliphatic hydroxyl groups excluding tert-OH is 2. The van der Waals surface area contributed by atoms with E-state index < -0.39 is 63.0 Å². The molecule has 2 aromatic rings. The lowest BCUT2D eigenvalue weighted by Gasteiger charge is -2.50. The van der Waals surface area contributed by atoms with Crippen LogP contribution in [-0.2, 0) is 20.8 Å². The third kappa shape index (κ3) is 3.56. The van der Waals surface area contributed by atoms with E-state index in [9.17, 15) is 44.9 Å². The number of ketones is 2. The highest BCUT2D eigenvalue weighted by Crippen LogP contribution is 2.53. The fourth-order valence-electron chi connectivity index (χ4n) is 6.30. The SMILES string of the molecule is CN(C)C1C(=O)C(C(N)=O)=C(O)C2(O)C(=O)C3=C(O)c4c(O)ccc(-c5cccc([N+](=O)[O-])c5)c4CC3CC12. The molecule has 39 heavy (non-hydrogen) atoms. The molecule has 4 unspecified atom stereocenters. The van der Waals surface area contributed by atoms with E-state index in [0.29, 0.717) is 16.7 Å². The number of phenols is 1. The van der Waals surface area contributed by atoms with Crippen molar-refractivity contribution in [2.45, 2.75) is 24.5 Å². The largest absolute Gasteiger partial charge is 0.508 e. The minimum Gasteiger partial charge on any atom is -0.508 e. The molecule has 3 aliphatic carbocycles. The number of nitro benzene ring substituents is 1. The van der Waals surface area contributed by atoms with E-state index in [1.807, 2.05) is 0 Å². The van der Waals surface area contributed by atoms with E-state index in [4.69, 9.17) is 5.73 Å². The Morgan fingerprint density at radius 2 is 1.85 bits per heavy atom. The zero-order chi connectivity index (χ0) is 28.5. The maximum atomic E-state index is 13.9. The van der Waals surface area contributed by atoms with Crippen molar-refractivity contribution in [3.05, 3.63) is 74.5 Å². The first-order valence-corrected chi connectivity index (χ1v) is 12.0. The molecule has 1 amide bonds. The Labute approximate surface area is 221 Å². The van der Waals surface area contributed by atoms with E-state index >= 15 is 0 Å². The van der Waals surface area contributed by atoms with Gasteiger partial charge < -0.3 is 26.2 Å². The number of nitrogens with two attached hydrogens (primary N) is 1. The summed E-state index contributed by atoms with van der Waals surface area (Å²) < 4.78 is 0. The summed E-state index contributed by atoms with van der Waals surface area (Å²) >= 11 is 0. The Balaban J connectivity index is 1.73. The highest BCUT2D eigenvalue weighted by molar-refractivity contribution is 6.24. The van der Waals surface area contributed by atoms with Crippen LogP contribution in [0.1, 0.15) is 17.5 Å². The van der Waals surface area contributed by atoms with Gasteiger partial charge in [0, 0.05) is 23.6 Å². The summed E-state index contributed by atoms with van der Waals surface area (Å²) in [7, 11) is 3.04. The van der Waals surface area contributed by atoms with Crippen LogP contribution in [0, 0.1) is 22.0 Å².